The first-order chi connectivity index (χ1) is 11.6. The predicted molar refractivity (Wildman–Crippen MR) is 93.3 cm³/mol. The molecule has 9 atom stereocenters. The van der Waals surface area contributed by atoms with E-state index in [9.17, 15) is 18.3 Å². The van der Waals surface area contributed by atoms with Gasteiger partial charge in [-0.15, -0.1) is 0 Å². The summed E-state index contributed by atoms with van der Waals surface area (Å²) in [7, 11) is 0. The van der Waals surface area contributed by atoms with Crippen LogP contribution in [0.2, 0.25) is 0 Å². The SMILES string of the molecule is C[C@]12C[C@@H]3S[C@@H]3C[C@@H]1CC[C@@H]1[C@@H]2CC[C@@]2(C)[C@H]1CC[C@@]2(O)C(F)(F)F. The molecular weight excluding hydrogens is 345 g/mol. The molecule has 1 saturated heterocycles. The van der Waals surface area contributed by atoms with Gasteiger partial charge in [0.05, 0.1) is 0 Å². The Morgan fingerprint density at radius 1 is 0.960 bits per heavy atom. The van der Waals surface area contributed by atoms with Gasteiger partial charge < -0.3 is 5.11 Å². The summed E-state index contributed by atoms with van der Waals surface area (Å²) in [6.45, 7) is 4.20. The molecule has 0 bridgehead atoms. The second-order valence-electron chi connectivity index (χ2n) is 10.2. The van der Waals surface area contributed by atoms with Crippen molar-refractivity contribution in [1.82, 2.24) is 0 Å². The smallest absolute Gasteiger partial charge is 0.380 e. The van der Waals surface area contributed by atoms with Gasteiger partial charge in [0.15, 0.2) is 5.60 Å². The highest BCUT2D eigenvalue weighted by atomic mass is 32.2. The van der Waals surface area contributed by atoms with E-state index in [1.54, 1.807) is 6.92 Å². The Labute approximate surface area is 152 Å². The number of hydrogen-bond acceptors (Lipinski definition) is 2. The number of hydrogen-bond donors (Lipinski definition) is 1. The lowest BCUT2D eigenvalue weighted by Crippen LogP contribution is -2.60. The highest BCUT2D eigenvalue weighted by molar-refractivity contribution is 8.07. The largest absolute Gasteiger partial charge is 0.417 e. The van der Waals surface area contributed by atoms with Crippen LogP contribution in [-0.2, 0) is 0 Å². The van der Waals surface area contributed by atoms with Gasteiger partial charge in [0.25, 0.3) is 0 Å². The summed E-state index contributed by atoms with van der Waals surface area (Å²) < 4.78 is 41.2. The third-order valence-electron chi connectivity index (χ3n) is 9.53. The maximum absolute atomic E-state index is 13.7. The Morgan fingerprint density at radius 3 is 2.40 bits per heavy atom. The Balaban J connectivity index is 1.47. The van der Waals surface area contributed by atoms with Crippen molar-refractivity contribution in [2.24, 2.45) is 34.5 Å². The summed E-state index contributed by atoms with van der Waals surface area (Å²) in [4.78, 5) is 0. The van der Waals surface area contributed by atoms with Gasteiger partial charge in [-0.1, -0.05) is 13.8 Å². The molecule has 5 rings (SSSR count). The van der Waals surface area contributed by atoms with Crippen molar-refractivity contribution in [3.8, 4) is 0 Å². The van der Waals surface area contributed by atoms with Gasteiger partial charge in [-0.25, -0.2) is 0 Å². The summed E-state index contributed by atoms with van der Waals surface area (Å²) in [6.07, 6.45) is 2.26. The van der Waals surface area contributed by atoms with Crippen molar-refractivity contribution >= 4 is 11.8 Å². The molecule has 0 radical (unpaired) electrons. The monoisotopic (exact) mass is 374 g/mol. The highest BCUT2D eigenvalue weighted by Gasteiger charge is 2.73. The Kier molecular flexibility index (Phi) is 3.39. The summed E-state index contributed by atoms with van der Waals surface area (Å²) in [5.74, 6) is 1.77. The molecule has 142 valence electrons. The summed E-state index contributed by atoms with van der Waals surface area (Å²) in [5.41, 5.74) is -3.13. The van der Waals surface area contributed by atoms with E-state index in [-0.39, 0.29) is 12.3 Å². The molecule has 25 heavy (non-hydrogen) atoms. The molecule has 1 heterocycles. The molecule has 0 aromatic heterocycles. The molecule has 1 nitrogen and oxygen atoms in total. The van der Waals surface area contributed by atoms with Gasteiger partial charge in [-0.2, -0.15) is 24.9 Å². The number of alkyl halides is 3. The molecule has 5 aliphatic rings. The minimum Gasteiger partial charge on any atom is -0.380 e. The van der Waals surface area contributed by atoms with Crippen molar-refractivity contribution in [3.05, 3.63) is 0 Å². The maximum atomic E-state index is 13.7. The van der Waals surface area contributed by atoms with Crippen molar-refractivity contribution in [2.45, 2.75) is 87.5 Å². The molecule has 0 aromatic rings. The van der Waals surface area contributed by atoms with Crippen LogP contribution in [0.4, 0.5) is 13.2 Å². The number of aliphatic hydroxyl groups is 1. The van der Waals surface area contributed by atoms with Crippen LogP contribution in [-0.4, -0.2) is 27.4 Å². The number of fused-ring (bicyclic) bond motifs is 6. The van der Waals surface area contributed by atoms with Crippen LogP contribution < -0.4 is 0 Å². The van der Waals surface area contributed by atoms with E-state index in [0.29, 0.717) is 30.1 Å². The van der Waals surface area contributed by atoms with Gasteiger partial charge in [-0.3, -0.25) is 0 Å². The molecule has 0 unspecified atom stereocenters. The van der Waals surface area contributed by atoms with Crippen molar-refractivity contribution in [1.29, 1.82) is 0 Å². The topological polar surface area (TPSA) is 20.2 Å². The lowest BCUT2D eigenvalue weighted by Gasteiger charge is -2.61. The van der Waals surface area contributed by atoms with E-state index in [0.717, 1.165) is 29.3 Å². The zero-order chi connectivity index (χ0) is 17.8. The molecule has 0 spiro atoms. The van der Waals surface area contributed by atoms with E-state index in [2.05, 4.69) is 18.7 Å². The van der Waals surface area contributed by atoms with E-state index in [4.69, 9.17) is 0 Å². The van der Waals surface area contributed by atoms with Crippen molar-refractivity contribution in [2.75, 3.05) is 0 Å². The third kappa shape index (κ3) is 2.03. The molecule has 0 aromatic carbocycles. The van der Waals surface area contributed by atoms with Crippen LogP contribution in [0.3, 0.4) is 0 Å². The molecular formula is C20H29F3OS. The molecule has 0 amide bonds. The Bertz CT molecular complexity index is 594. The van der Waals surface area contributed by atoms with E-state index >= 15 is 0 Å². The van der Waals surface area contributed by atoms with Gasteiger partial charge in [0, 0.05) is 15.9 Å². The van der Waals surface area contributed by atoms with Crippen LogP contribution in [0.5, 0.6) is 0 Å². The van der Waals surface area contributed by atoms with Crippen LogP contribution in [0, 0.1) is 34.5 Å². The van der Waals surface area contributed by atoms with E-state index < -0.39 is 17.2 Å². The first kappa shape index (κ1) is 17.2. The second kappa shape index (κ2) is 4.92. The lowest BCUT2D eigenvalue weighted by molar-refractivity contribution is -0.304. The van der Waals surface area contributed by atoms with E-state index in [1.807, 2.05) is 0 Å². The normalized spacial score (nSPS) is 60.2. The van der Waals surface area contributed by atoms with Gasteiger partial charge in [0.1, 0.15) is 0 Å². The van der Waals surface area contributed by atoms with Gasteiger partial charge >= 0.3 is 6.18 Å². The number of halogens is 3. The molecule has 1 aliphatic heterocycles. The minimum atomic E-state index is -4.51. The summed E-state index contributed by atoms with van der Waals surface area (Å²) >= 11 is 2.14. The van der Waals surface area contributed by atoms with Crippen LogP contribution in [0.1, 0.15) is 65.2 Å². The zero-order valence-electron chi connectivity index (χ0n) is 15.1. The molecule has 4 aliphatic carbocycles. The Morgan fingerprint density at radius 2 is 1.68 bits per heavy atom. The number of rotatable bonds is 0. The summed E-state index contributed by atoms with van der Waals surface area (Å²) in [6, 6.07) is 0. The quantitative estimate of drug-likeness (QED) is 0.572. The molecule has 5 fully saturated rings. The minimum absolute atomic E-state index is 0.0419. The standard InChI is InChI=1S/C20H29F3OS/c1-17-10-16-15(25-16)9-11(17)3-4-12-13(17)5-7-18(2)14(12)6-8-19(18,24)20(21,22)23/h11-16,24H,3-10H2,1-2H3/t11-,12+,13-,14-,15+,16-,17-,18-,19-/m0/s1. The first-order valence-electron chi connectivity index (χ1n) is 10.0. The highest BCUT2D eigenvalue weighted by Crippen LogP contribution is 2.72. The molecule has 4 saturated carbocycles. The lowest BCUT2D eigenvalue weighted by atomic mass is 9.44. The van der Waals surface area contributed by atoms with Crippen LogP contribution >= 0.6 is 11.8 Å². The zero-order valence-corrected chi connectivity index (χ0v) is 15.9. The summed E-state index contributed by atoms with van der Waals surface area (Å²) in [5, 5.41) is 12.4. The predicted octanol–water partition coefficient (Wildman–Crippen LogP) is 5.42. The van der Waals surface area contributed by atoms with Crippen molar-refractivity contribution < 1.29 is 18.3 Å². The fourth-order valence-corrected chi connectivity index (χ4v) is 9.37. The van der Waals surface area contributed by atoms with Crippen LogP contribution in [0.25, 0.3) is 0 Å². The third-order valence-corrected chi connectivity index (χ3v) is 10.9. The Hall–Kier alpha value is 0.100. The van der Waals surface area contributed by atoms with Gasteiger partial charge in [0.2, 0.25) is 0 Å². The van der Waals surface area contributed by atoms with Crippen LogP contribution in [0.15, 0.2) is 0 Å². The van der Waals surface area contributed by atoms with Gasteiger partial charge in [-0.05, 0) is 80.5 Å². The second-order valence-corrected chi connectivity index (χ2v) is 11.6. The fourth-order valence-electron chi connectivity index (χ4n) is 8.00. The maximum Gasteiger partial charge on any atom is 0.417 e. The average Bonchev–Trinajstić information content (AvgIpc) is 3.19. The average molecular weight is 375 g/mol. The van der Waals surface area contributed by atoms with E-state index in [1.165, 1.54) is 19.3 Å². The molecule has 5 heteroatoms. The first-order valence-corrected chi connectivity index (χ1v) is 11.0. The number of thioether (sulfide) groups is 1. The van der Waals surface area contributed by atoms with Crippen molar-refractivity contribution in [3.63, 3.8) is 0 Å². The fraction of sp³-hybridized carbons (Fsp3) is 1.00. The molecule has 1 N–H and O–H groups in total.